The number of aromatic amines is 1. The van der Waals surface area contributed by atoms with E-state index < -0.39 is 16.7 Å². The molecular weight excluding hydrogens is 414 g/mol. The number of nitriles is 1. The lowest BCUT2D eigenvalue weighted by atomic mass is 9.86. The van der Waals surface area contributed by atoms with Crippen LogP contribution in [-0.2, 0) is 5.41 Å². The number of rotatable bonds is 3. The van der Waals surface area contributed by atoms with E-state index in [0.717, 1.165) is 22.3 Å². The average molecular weight is 435 g/mol. The first-order valence-corrected chi connectivity index (χ1v) is 10.6. The summed E-state index contributed by atoms with van der Waals surface area (Å²) < 4.78 is 6.99. The highest BCUT2D eigenvalue weighted by Crippen LogP contribution is 2.31. The molecule has 2 aromatic heterocycles. The largest absolute Gasteiger partial charge is 0.421 e. The van der Waals surface area contributed by atoms with Gasteiger partial charge in [0, 0.05) is 5.39 Å². The quantitative estimate of drug-likeness (QED) is 0.394. The zero-order valence-corrected chi connectivity index (χ0v) is 18.5. The molecule has 0 unspecified atom stereocenters. The number of nitrogens with one attached hydrogen (secondary N) is 1. The van der Waals surface area contributed by atoms with Gasteiger partial charge >= 0.3 is 11.3 Å². The number of fused-ring (bicyclic) bond motifs is 3. The molecule has 0 atom stereocenters. The van der Waals surface area contributed by atoms with Crippen molar-refractivity contribution in [1.82, 2.24) is 9.55 Å². The summed E-state index contributed by atoms with van der Waals surface area (Å²) in [6.07, 6.45) is 0. The second kappa shape index (κ2) is 7.35. The number of H-pyrrole nitrogens is 1. The van der Waals surface area contributed by atoms with Crippen molar-refractivity contribution >= 4 is 22.0 Å². The molecule has 3 aromatic carbocycles. The fraction of sp³-hybridized carbons (Fsp3) is 0.148. The predicted molar refractivity (Wildman–Crippen MR) is 129 cm³/mol. The van der Waals surface area contributed by atoms with E-state index in [-0.39, 0.29) is 5.52 Å². The first-order valence-electron chi connectivity index (χ1n) is 10.6. The number of nitrogens with zero attached hydrogens (tertiary/aromatic N) is 2. The van der Waals surface area contributed by atoms with E-state index in [2.05, 4.69) is 11.1 Å². The van der Waals surface area contributed by atoms with Crippen LogP contribution >= 0.6 is 0 Å². The van der Waals surface area contributed by atoms with Gasteiger partial charge in [0.05, 0.1) is 22.7 Å². The number of imidazole rings is 1. The van der Waals surface area contributed by atoms with Crippen molar-refractivity contribution in [3.8, 4) is 22.9 Å². The van der Waals surface area contributed by atoms with Gasteiger partial charge in [-0.1, -0.05) is 42.5 Å². The summed E-state index contributed by atoms with van der Waals surface area (Å²) in [7, 11) is 0. The summed E-state index contributed by atoms with van der Waals surface area (Å²) in [4.78, 5) is 28.3. The molecule has 0 spiro atoms. The lowest BCUT2D eigenvalue weighted by molar-refractivity contribution is 0.568. The highest BCUT2D eigenvalue weighted by molar-refractivity contribution is 6.03. The maximum absolute atomic E-state index is 13.0. The zero-order chi connectivity index (χ0) is 23.3. The Morgan fingerprint density at radius 3 is 2.42 bits per heavy atom. The predicted octanol–water partition coefficient (Wildman–Crippen LogP) is 5.20. The molecule has 5 aromatic rings. The van der Waals surface area contributed by atoms with E-state index in [1.807, 2.05) is 69.3 Å². The molecule has 0 aliphatic heterocycles. The number of benzene rings is 3. The minimum atomic E-state index is -0.653. The summed E-state index contributed by atoms with van der Waals surface area (Å²) >= 11 is 0. The van der Waals surface area contributed by atoms with Gasteiger partial charge in [-0.3, -0.25) is 9.55 Å². The summed E-state index contributed by atoms with van der Waals surface area (Å²) in [5.41, 5.74) is 3.88. The van der Waals surface area contributed by atoms with Crippen molar-refractivity contribution in [2.75, 3.05) is 0 Å². The molecule has 2 heterocycles. The minimum absolute atomic E-state index is 0.121. The van der Waals surface area contributed by atoms with Gasteiger partial charge in [0.25, 0.3) is 0 Å². The molecule has 0 aliphatic rings. The van der Waals surface area contributed by atoms with Crippen LogP contribution in [0.15, 0.2) is 80.7 Å². The summed E-state index contributed by atoms with van der Waals surface area (Å²) in [5, 5.41) is 10.1. The molecular formula is C27H21N3O3. The van der Waals surface area contributed by atoms with E-state index in [1.165, 1.54) is 4.57 Å². The van der Waals surface area contributed by atoms with Crippen LogP contribution in [0.4, 0.5) is 0 Å². The van der Waals surface area contributed by atoms with Crippen LogP contribution in [0, 0.1) is 18.3 Å². The summed E-state index contributed by atoms with van der Waals surface area (Å²) in [5.74, 6) is 0. The first-order chi connectivity index (χ1) is 15.8. The van der Waals surface area contributed by atoms with Gasteiger partial charge in [-0.25, -0.2) is 9.59 Å². The van der Waals surface area contributed by atoms with Crippen molar-refractivity contribution in [3.05, 3.63) is 98.8 Å². The molecule has 1 N–H and O–H groups in total. The number of aromatic nitrogens is 2. The second-order valence-corrected chi connectivity index (χ2v) is 8.69. The Morgan fingerprint density at radius 1 is 1.00 bits per heavy atom. The molecule has 0 saturated carbocycles. The Bertz CT molecular complexity index is 1690. The Hall–Kier alpha value is -4.37. The summed E-state index contributed by atoms with van der Waals surface area (Å²) in [6, 6.07) is 23.2. The zero-order valence-electron chi connectivity index (χ0n) is 18.5. The van der Waals surface area contributed by atoms with Crippen LogP contribution in [0.3, 0.4) is 0 Å². The third-order valence-corrected chi connectivity index (χ3v) is 6.12. The molecule has 6 nitrogen and oxygen atoms in total. The van der Waals surface area contributed by atoms with Crippen LogP contribution in [0.2, 0.25) is 0 Å². The third-order valence-electron chi connectivity index (χ3n) is 6.12. The molecule has 162 valence electrons. The normalized spacial score (nSPS) is 11.7. The van der Waals surface area contributed by atoms with Crippen molar-refractivity contribution in [2.24, 2.45) is 0 Å². The van der Waals surface area contributed by atoms with Crippen LogP contribution < -0.4 is 11.3 Å². The van der Waals surface area contributed by atoms with Crippen molar-refractivity contribution in [2.45, 2.75) is 26.2 Å². The third kappa shape index (κ3) is 3.26. The Balaban J connectivity index is 1.81. The van der Waals surface area contributed by atoms with Gasteiger partial charge in [-0.05, 0) is 67.3 Å². The van der Waals surface area contributed by atoms with Gasteiger partial charge in [0.1, 0.15) is 5.58 Å². The van der Waals surface area contributed by atoms with E-state index in [4.69, 9.17) is 4.42 Å². The number of hydrogen-bond acceptors (Lipinski definition) is 4. The smallest absolute Gasteiger partial charge is 0.362 e. The molecule has 5 rings (SSSR count). The first kappa shape index (κ1) is 20.5. The van der Waals surface area contributed by atoms with E-state index in [9.17, 15) is 14.9 Å². The Labute approximate surface area is 189 Å². The van der Waals surface area contributed by atoms with E-state index in [1.54, 1.807) is 18.2 Å². The van der Waals surface area contributed by atoms with Crippen LogP contribution in [0.25, 0.3) is 38.8 Å². The van der Waals surface area contributed by atoms with Crippen molar-refractivity contribution < 1.29 is 4.42 Å². The second-order valence-electron chi connectivity index (χ2n) is 8.69. The Morgan fingerprint density at radius 2 is 1.73 bits per heavy atom. The molecule has 33 heavy (non-hydrogen) atoms. The van der Waals surface area contributed by atoms with Crippen molar-refractivity contribution in [3.63, 3.8) is 0 Å². The Kier molecular flexibility index (Phi) is 4.57. The highest BCUT2D eigenvalue weighted by atomic mass is 16.4. The van der Waals surface area contributed by atoms with Gasteiger partial charge < -0.3 is 4.42 Å². The van der Waals surface area contributed by atoms with Gasteiger partial charge in [0.15, 0.2) is 5.52 Å². The standard InChI is InChI=1S/C27H21N3O3/c1-16-6-4-5-7-20(16)17-8-13-22-21(14-17)24-23(25(31)33-22)29-26(32)30(24)19-11-9-18(10-12-19)27(2,3)15-28/h4-14H,1-3H3,(H,29,32). The number of aryl methyl sites for hydroxylation is 1. The molecule has 0 saturated heterocycles. The van der Waals surface area contributed by atoms with E-state index >= 15 is 0 Å². The molecule has 0 amide bonds. The monoisotopic (exact) mass is 435 g/mol. The maximum Gasteiger partial charge on any atom is 0.362 e. The SMILES string of the molecule is Cc1ccccc1-c1ccc2oc(=O)c3[nH]c(=O)n(-c4ccc(C(C)(C)C#N)cc4)c3c2c1. The van der Waals surface area contributed by atoms with Crippen LogP contribution in [0.1, 0.15) is 25.0 Å². The maximum atomic E-state index is 13.0. The fourth-order valence-corrected chi connectivity index (χ4v) is 4.20. The van der Waals surface area contributed by atoms with Gasteiger partial charge in [-0.2, -0.15) is 5.26 Å². The topological polar surface area (TPSA) is 91.8 Å². The fourth-order valence-electron chi connectivity index (χ4n) is 4.20. The molecule has 0 aliphatic carbocycles. The molecule has 6 heteroatoms. The van der Waals surface area contributed by atoms with Gasteiger partial charge in [0.2, 0.25) is 0 Å². The number of hydrogen-bond donors (Lipinski definition) is 1. The average Bonchev–Trinajstić information content (AvgIpc) is 3.17. The molecule has 0 radical (unpaired) electrons. The lowest BCUT2D eigenvalue weighted by Gasteiger charge is -2.16. The van der Waals surface area contributed by atoms with E-state index in [0.29, 0.717) is 22.2 Å². The van der Waals surface area contributed by atoms with Crippen LogP contribution in [-0.4, -0.2) is 9.55 Å². The molecule has 0 fully saturated rings. The summed E-state index contributed by atoms with van der Waals surface area (Å²) in [6.45, 7) is 5.72. The molecule has 0 bridgehead atoms. The minimum Gasteiger partial charge on any atom is -0.421 e. The lowest BCUT2D eigenvalue weighted by Crippen LogP contribution is -2.16. The van der Waals surface area contributed by atoms with Crippen molar-refractivity contribution in [1.29, 1.82) is 5.26 Å². The highest BCUT2D eigenvalue weighted by Gasteiger charge is 2.21. The van der Waals surface area contributed by atoms with Crippen LogP contribution in [0.5, 0.6) is 0 Å². The van der Waals surface area contributed by atoms with Gasteiger partial charge in [-0.15, -0.1) is 0 Å².